The van der Waals surface area contributed by atoms with E-state index in [-0.39, 0.29) is 5.69 Å². The second-order valence-electron chi connectivity index (χ2n) is 4.16. The zero-order valence-electron chi connectivity index (χ0n) is 8.91. The Bertz CT molecular complexity index is 362. The fourth-order valence-electron chi connectivity index (χ4n) is 2.21. The monoisotopic (exact) mass is 210 g/mol. The fourth-order valence-corrected chi connectivity index (χ4v) is 2.21. The highest BCUT2D eigenvalue weighted by Crippen LogP contribution is 2.29. The molecule has 0 radical (unpaired) electrons. The van der Waals surface area contributed by atoms with Gasteiger partial charge < -0.3 is 5.73 Å². The first-order valence-electron chi connectivity index (χ1n) is 5.68. The number of aromatic nitrogens is 3. The maximum Gasteiger partial charge on any atom is 0.343 e. The lowest BCUT2D eigenvalue weighted by Gasteiger charge is -2.18. The van der Waals surface area contributed by atoms with Gasteiger partial charge in [0.2, 0.25) is 0 Å². The van der Waals surface area contributed by atoms with Crippen LogP contribution in [0.5, 0.6) is 0 Å². The van der Waals surface area contributed by atoms with Gasteiger partial charge >= 0.3 is 5.69 Å². The molecule has 1 aliphatic carbocycles. The third-order valence-electron chi connectivity index (χ3n) is 3.03. The average molecular weight is 210 g/mol. The van der Waals surface area contributed by atoms with E-state index in [1.807, 2.05) is 0 Å². The summed E-state index contributed by atoms with van der Waals surface area (Å²) in [4.78, 5) is 14.3. The van der Waals surface area contributed by atoms with Crippen molar-refractivity contribution in [3.8, 4) is 0 Å². The van der Waals surface area contributed by atoms with Gasteiger partial charge in [-0.15, -0.1) is 0 Å². The maximum absolute atomic E-state index is 11.5. The van der Waals surface area contributed by atoms with Crippen LogP contribution in [0.4, 0.5) is 0 Å². The van der Waals surface area contributed by atoms with Crippen molar-refractivity contribution in [2.75, 3.05) is 6.54 Å². The first-order valence-corrected chi connectivity index (χ1v) is 5.68. The van der Waals surface area contributed by atoms with Crippen LogP contribution >= 0.6 is 0 Å². The number of aromatic amines is 1. The van der Waals surface area contributed by atoms with Crippen molar-refractivity contribution in [2.45, 2.75) is 44.6 Å². The minimum atomic E-state index is -0.124. The SMILES string of the molecule is NCCn1nc(C2CCCCC2)[nH]c1=O. The number of nitrogens with one attached hydrogen (secondary N) is 1. The summed E-state index contributed by atoms with van der Waals surface area (Å²) >= 11 is 0. The van der Waals surface area contributed by atoms with Gasteiger partial charge in [-0.2, -0.15) is 5.10 Å². The number of nitrogens with two attached hydrogens (primary N) is 1. The van der Waals surface area contributed by atoms with Crippen LogP contribution in [0.1, 0.15) is 43.8 Å². The number of hydrogen-bond donors (Lipinski definition) is 2. The Kier molecular flexibility index (Phi) is 3.20. The Morgan fingerprint density at radius 1 is 1.40 bits per heavy atom. The molecule has 0 unspecified atom stereocenters. The Hall–Kier alpha value is -1.10. The largest absolute Gasteiger partial charge is 0.343 e. The lowest BCUT2D eigenvalue weighted by molar-refractivity contribution is 0.426. The van der Waals surface area contributed by atoms with Crippen LogP contribution in [0.2, 0.25) is 0 Å². The van der Waals surface area contributed by atoms with Crippen LogP contribution in [-0.2, 0) is 6.54 Å². The summed E-state index contributed by atoms with van der Waals surface area (Å²) in [5, 5.41) is 4.29. The van der Waals surface area contributed by atoms with Gasteiger partial charge in [-0.25, -0.2) is 9.48 Å². The Morgan fingerprint density at radius 2 is 2.13 bits per heavy atom. The van der Waals surface area contributed by atoms with Gasteiger partial charge in [-0.3, -0.25) is 4.98 Å². The van der Waals surface area contributed by atoms with E-state index < -0.39 is 0 Å². The van der Waals surface area contributed by atoms with Crippen LogP contribution < -0.4 is 11.4 Å². The van der Waals surface area contributed by atoms with E-state index in [1.165, 1.54) is 23.9 Å². The Balaban J connectivity index is 2.13. The smallest absolute Gasteiger partial charge is 0.329 e. The molecule has 1 saturated carbocycles. The molecule has 5 heteroatoms. The molecule has 1 heterocycles. The average Bonchev–Trinajstić information content (AvgIpc) is 2.63. The zero-order valence-corrected chi connectivity index (χ0v) is 8.91. The van der Waals surface area contributed by atoms with Crippen molar-refractivity contribution in [3.63, 3.8) is 0 Å². The van der Waals surface area contributed by atoms with Gasteiger partial charge in [0.1, 0.15) is 5.82 Å². The lowest BCUT2D eigenvalue weighted by atomic mass is 9.89. The normalized spacial score (nSPS) is 18.2. The highest BCUT2D eigenvalue weighted by Gasteiger charge is 2.19. The summed E-state index contributed by atoms with van der Waals surface area (Å²) in [5.74, 6) is 1.30. The summed E-state index contributed by atoms with van der Waals surface area (Å²) in [6.07, 6.45) is 6.10. The van der Waals surface area contributed by atoms with E-state index in [9.17, 15) is 4.79 Å². The predicted molar refractivity (Wildman–Crippen MR) is 57.7 cm³/mol. The summed E-state index contributed by atoms with van der Waals surface area (Å²) < 4.78 is 1.43. The second-order valence-corrected chi connectivity index (χ2v) is 4.16. The van der Waals surface area contributed by atoms with E-state index in [2.05, 4.69) is 10.1 Å². The molecule has 0 saturated heterocycles. The zero-order chi connectivity index (χ0) is 10.7. The van der Waals surface area contributed by atoms with Gasteiger partial charge in [0, 0.05) is 12.5 Å². The predicted octanol–water partition coefficient (Wildman–Crippen LogP) is 0.578. The van der Waals surface area contributed by atoms with Gasteiger partial charge in [0.25, 0.3) is 0 Å². The van der Waals surface area contributed by atoms with Crippen LogP contribution in [0.3, 0.4) is 0 Å². The quantitative estimate of drug-likeness (QED) is 0.766. The van der Waals surface area contributed by atoms with Crippen molar-refractivity contribution < 1.29 is 0 Å². The summed E-state index contributed by atoms with van der Waals surface area (Å²) in [5.41, 5.74) is 5.28. The van der Waals surface area contributed by atoms with Crippen molar-refractivity contribution in [3.05, 3.63) is 16.3 Å². The molecule has 1 aliphatic rings. The van der Waals surface area contributed by atoms with E-state index in [0.717, 1.165) is 18.7 Å². The topological polar surface area (TPSA) is 76.7 Å². The molecule has 1 fully saturated rings. The third-order valence-corrected chi connectivity index (χ3v) is 3.03. The molecule has 0 spiro atoms. The van der Waals surface area contributed by atoms with Crippen molar-refractivity contribution in [1.82, 2.24) is 14.8 Å². The molecule has 15 heavy (non-hydrogen) atoms. The minimum absolute atomic E-state index is 0.124. The highest BCUT2D eigenvalue weighted by atomic mass is 16.1. The number of H-pyrrole nitrogens is 1. The van der Waals surface area contributed by atoms with E-state index in [1.54, 1.807) is 0 Å². The summed E-state index contributed by atoms with van der Waals surface area (Å²) in [6.45, 7) is 0.955. The number of nitrogens with zero attached hydrogens (tertiary/aromatic N) is 2. The van der Waals surface area contributed by atoms with Crippen LogP contribution in [0, 0.1) is 0 Å². The number of rotatable bonds is 3. The molecule has 1 aromatic heterocycles. The molecule has 3 N–H and O–H groups in total. The van der Waals surface area contributed by atoms with Crippen molar-refractivity contribution in [2.24, 2.45) is 5.73 Å². The maximum atomic E-state index is 11.5. The van der Waals surface area contributed by atoms with E-state index >= 15 is 0 Å². The van der Waals surface area contributed by atoms with Crippen LogP contribution in [0.25, 0.3) is 0 Å². The van der Waals surface area contributed by atoms with Crippen LogP contribution in [0.15, 0.2) is 4.79 Å². The lowest BCUT2D eigenvalue weighted by Crippen LogP contribution is -2.22. The molecule has 0 aliphatic heterocycles. The van der Waals surface area contributed by atoms with Gasteiger partial charge in [0.15, 0.2) is 0 Å². The molecular weight excluding hydrogens is 192 g/mol. The molecule has 5 nitrogen and oxygen atoms in total. The molecule has 84 valence electrons. The van der Waals surface area contributed by atoms with Gasteiger partial charge in [0.05, 0.1) is 6.54 Å². The molecule has 0 amide bonds. The molecule has 0 aromatic carbocycles. The third kappa shape index (κ3) is 2.28. The summed E-state index contributed by atoms with van der Waals surface area (Å²) in [7, 11) is 0. The first kappa shape index (κ1) is 10.4. The summed E-state index contributed by atoms with van der Waals surface area (Å²) in [6, 6.07) is 0. The van der Waals surface area contributed by atoms with Crippen molar-refractivity contribution in [1.29, 1.82) is 0 Å². The fraction of sp³-hybridized carbons (Fsp3) is 0.800. The second kappa shape index (κ2) is 4.61. The van der Waals surface area contributed by atoms with E-state index in [0.29, 0.717) is 19.0 Å². The molecule has 1 aromatic rings. The minimum Gasteiger partial charge on any atom is -0.329 e. The molecular formula is C10H18N4O. The molecule has 0 bridgehead atoms. The van der Waals surface area contributed by atoms with Crippen molar-refractivity contribution >= 4 is 0 Å². The Morgan fingerprint density at radius 3 is 2.80 bits per heavy atom. The Labute approximate surface area is 88.7 Å². The standard InChI is InChI=1S/C10H18N4O/c11-6-7-14-10(15)12-9(13-14)8-4-2-1-3-5-8/h8H,1-7,11H2,(H,12,13,15). The highest BCUT2D eigenvalue weighted by molar-refractivity contribution is 4.95. The first-order chi connectivity index (χ1) is 7.31. The molecule has 2 rings (SSSR count). The number of hydrogen-bond acceptors (Lipinski definition) is 3. The van der Waals surface area contributed by atoms with Gasteiger partial charge in [-0.05, 0) is 12.8 Å². The van der Waals surface area contributed by atoms with Crippen LogP contribution in [-0.4, -0.2) is 21.3 Å². The van der Waals surface area contributed by atoms with Gasteiger partial charge in [-0.1, -0.05) is 19.3 Å². The molecule has 0 atom stereocenters. The van der Waals surface area contributed by atoms with E-state index in [4.69, 9.17) is 5.73 Å².